The number of hydrogen-bond acceptors (Lipinski definition) is 3. The Kier molecular flexibility index (Phi) is 6.20. The third-order valence-electron chi connectivity index (χ3n) is 2.20. The second kappa shape index (κ2) is 6.58. The van der Waals surface area contributed by atoms with Crippen LogP contribution in [0.5, 0.6) is 0 Å². The summed E-state index contributed by atoms with van der Waals surface area (Å²) in [5.41, 5.74) is 0.427. The van der Waals surface area contributed by atoms with Crippen molar-refractivity contribution in [3.8, 4) is 0 Å². The predicted octanol–water partition coefficient (Wildman–Crippen LogP) is 0.565. The van der Waals surface area contributed by atoms with Gasteiger partial charge in [-0.05, 0) is 6.92 Å². The van der Waals surface area contributed by atoms with Crippen molar-refractivity contribution in [1.29, 1.82) is 0 Å². The molecule has 0 amide bonds. The van der Waals surface area contributed by atoms with Crippen LogP contribution in [0, 0.1) is 0 Å². The van der Waals surface area contributed by atoms with Crippen molar-refractivity contribution in [2.24, 2.45) is 0 Å². The lowest BCUT2D eigenvalue weighted by molar-refractivity contribution is -0.890. The zero-order chi connectivity index (χ0) is 11.9. The Morgan fingerprint density at radius 3 is 2.47 bits per heavy atom. The summed E-state index contributed by atoms with van der Waals surface area (Å²) >= 11 is 0. The first-order valence-corrected chi connectivity index (χ1v) is 5.14. The molecule has 88 valence electrons. The highest BCUT2D eigenvalue weighted by Gasteiger charge is 2.15. The van der Waals surface area contributed by atoms with E-state index >= 15 is 0 Å². The standard InChI is InChI=1S/C11H22NO3/c1-10(2)11(14)15-9-7-12(3,4)6-5-8-13/h13H,1,5-9H2,2-4H3/q+1. The van der Waals surface area contributed by atoms with Crippen LogP contribution in [0.25, 0.3) is 0 Å². The van der Waals surface area contributed by atoms with Crippen molar-refractivity contribution in [3.05, 3.63) is 12.2 Å². The number of esters is 1. The first-order chi connectivity index (χ1) is 6.89. The predicted molar refractivity (Wildman–Crippen MR) is 59.3 cm³/mol. The summed E-state index contributed by atoms with van der Waals surface area (Å²) in [7, 11) is 4.09. The van der Waals surface area contributed by atoms with Crippen LogP contribution < -0.4 is 0 Å². The number of rotatable bonds is 7. The zero-order valence-corrected chi connectivity index (χ0v) is 9.95. The molecule has 0 aliphatic rings. The highest BCUT2D eigenvalue weighted by Crippen LogP contribution is 2.00. The molecular formula is C11H22NO3+. The summed E-state index contributed by atoms with van der Waals surface area (Å²) in [5.74, 6) is -0.336. The minimum absolute atomic E-state index is 0.202. The number of carbonyl (C=O) groups excluding carboxylic acids is 1. The molecule has 0 bridgehead atoms. The van der Waals surface area contributed by atoms with Gasteiger partial charge in [0, 0.05) is 18.6 Å². The number of hydrogen-bond donors (Lipinski definition) is 1. The van der Waals surface area contributed by atoms with Gasteiger partial charge >= 0.3 is 5.97 Å². The molecule has 0 fully saturated rings. The fourth-order valence-electron chi connectivity index (χ4n) is 1.12. The van der Waals surface area contributed by atoms with Crippen LogP contribution in [0.15, 0.2) is 12.2 Å². The second-order valence-corrected chi connectivity index (χ2v) is 4.38. The van der Waals surface area contributed by atoms with E-state index in [1.165, 1.54) is 0 Å². The molecule has 0 atom stereocenters. The van der Waals surface area contributed by atoms with Crippen molar-refractivity contribution >= 4 is 5.97 Å². The van der Waals surface area contributed by atoms with Crippen molar-refractivity contribution in [3.63, 3.8) is 0 Å². The van der Waals surface area contributed by atoms with Crippen molar-refractivity contribution < 1.29 is 19.1 Å². The molecule has 0 saturated heterocycles. The maximum Gasteiger partial charge on any atom is 0.333 e. The molecule has 1 N–H and O–H groups in total. The smallest absolute Gasteiger partial charge is 0.333 e. The SMILES string of the molecule is C=C(C)C(=O)OCC[N+](C)(C)CCCO. The van der Waals surface area contributed by atoms with Crippen LogP contribution >= 0.6 is 0 Å². The first kappa shape index (κ1) is 14.1. The fraction of sp³-hybridized carbons (Fsp3) is 0.727. The molecule has 0 rings (SSSR count). The van der Waals surface area contributed by atoms with E-state index in [-0.39, 0.29) is 12.6 Å². The minimum atomic E-state index is -0.336. The van der Waals surface area contributed by atoms with Crippen LogP contribution in [-0.4, -0.2) is 56.0 Å². The molecular weight excluding hydrogens is 194 g/mol. The number of likely N-dealkylation sites (N-methyl/N-ethyl adjacent to an activating group) is 1. The average Bonchev–Trinajstić information content (AvgIpc) is 2.14. The molecule has 0 aliphatic heterocycles. The second-order valence-electron chi connectivity index (χ2n) is 4.38. The van der Waals surface area contributed by atoms with Gasteiger partial charge in [0.2, 0.25) is 0 Å². The Morgan fingerprint density at radius 2 is 2.00 bits per heavy atom. The number of aliphatic hydroxyl groups excluding tert-OH is 1. The Hall–Kier alpha value is -0.870. The maximum absolute atomic E-state index is 11.1. The van der Waals surface area contributed by atoms with Gasteiger partial charge in [0.1, 0.15) is 13.2 Å². The first-order valence-electron chi connectivity index (χ1n) is 5.14. The Labute approximate surface area is 91.7 Å². The topological polar surface area (TPSA) is 46.5 Å². The minimum Gasteiger partial charge on any atom is -0.456 e. The number of carbonyl (C=O) groups is 1. The van der Waals surface area contributed by atoms with Gasteiger partial charge < -0.3 is 14.3 Å². The van der Waals surface area contributed by atoms with Gasteiger partial charge in [-0.2, -0.15) is 0 Å². The van der Waals surface area contributed by atoms with Crippen LogP contribution in [-0.2, 0) is 9.53 Å². The molecule has 0 aromatic rings. The molecule has 4 nitrogen and oxygen atoms in total. The van der Waals surface area contributed by atoms with E-state index in [1.807, 2.05) is 14.1 Å². The fourth-order valence-corrected chi connectivity index (χ4v) is 1.12. The summed E-state index contributed by atoms with van der Waals surface area (Å²) in [6.45, 7) is 7.36. The summed E-state index contributed by atoms with van der Waals surface area (Å²) in [5, 5.41) is 8.71. The van der Waals surface area contributed by atoms with Crippen molar-refractivity contribution in [2.45, 2.75) is 13.3 Å². The quantitative estimate of drug-likeness (QED) is 0.384. The normalized spacial score (nSPS) is 11.2. The summed E-state index contributed by atoms with van der Waals surface area (Å²) in [4.78, 5) is 11.1. The van der Waals surface area contributed by atoms with E-state index in [4.69, 9.17) is 9.84 Å². The molecule has 4 heteroatoms. The van der Waals surface area contributed by atoms with Crippen LogP contribution in [0.2, 0.25) is 0 Å². The van der Waals surface area contributed by atoms with Crippen LogP contribution in [0.1, 0.15) is 13.3 Å². The maximum atomic E-state index is 11.1. The van der Waals surface area contributed by atoms with E-state index < -0.39 is 0 Å². The van der Waals surface area contributed by atoms with Gasteiger partial charge in [0.15, 0.2) is 0 Å². The zero-order valence-electron chi connectivity index (χ0n) is 9.95. The van der Waals surface area contributed by atoms with Crippen molar-refractivity contribution in [2.75, 3.05) is 40.4 Å². The highest BCUT2D eigenvalue weighted by atomic mass is 16.5. The van der Waals surface area contributed by atoms with E-state index in [0.29, 0.717) is 12.2 Å². The molecule has 0 radical (unpaired) electrons. The largest absolute Gasteiger partial charge is 0.456 e. The third-order valence-corrected chi connectivity index (χ3v) is 2.20. The third kappa shape index (κ3) is 7.11. The van der Waals surface area contributed by atoms with E-state index in [1.54, 1.807) is 6.92 Å². The molecule has 0 saturated carbocycles. The van der Waals surface area contributed by atoms with E-state index in [2.05, 4.69) is 6.58 Å². The Morgan fingerprint density at radius 1 is 1.40 bits per heavy atom. The molecule has 0 aliphatic carbocycles. The Bertz CT molecular complexity index is 224. The molecule has 0 spiro atoms. The number of nitrogens with zero attached hydrogens (tertiary/aromatic N) is 1. The average molecular weight is 216 g/mol. The van der Waals surface area contributed by atoms with Gasteiger partial charge in [-0.1, -0.05) is 6.58 Å². The number of ether oxygens (including phenoxy) is 1. The lowest BCUT2D eigenvalue weighted by atomic mass is 10.3. The van der Waals surface area contributed by atoms with Gasteiger partial charge in [-0.15, -0.1) is 0 Å². The molecule has 0 aromatic heterocycles. The van der Waals surface area contributed by atoms with Crippen molar-refractivity contribution in [1.82, 2.24) is 0 Å². The van der Waals surface area contributed by atoms with Crippen LogP contribution in [0.4, 0.5) is 0 Å². The van der Waals surface area contributed by atoms with Gasteiger partial charge in [-0.25, -0.2) is 4.79 Å². The summed E-state index contributed by atoms with van der Waals surface area (Å²) in [6, 6.07) is 0. The van der Waals surface area contributed by atoms with E-state index in [9.17, 15) is 4.79 Å². The van der Waals surface area contributed by atoms with Gasteiger partial charge in [0.25, 0.3) is 0 Å². The summed E-state index contributed by atoms with van der Waals surface area (Å²) < 4.78 is 5.74. The molecule has 15 heavy (non-hydrogen) atoms. The van der Waals surface area contributed by atoms with Gasteiger partial charge in [0.05, 0.1) is 20.6 Å². The monoisotopic (exact) mass is 216 g/mol. The lowest BCUT2D eigenvalue weighted by Gasteiger charge is -2.29. The van der Waals surface area contributed by atoms with Gasteiger partial charge in [-0.3, -0.25) is 0 Å². The molecule has 0 heterocycles. The summed E-state index contributed by atoms with van der Waals surface area (Å²) in [6.07, 6.45) is 0.765. The number of aliphatic hydroxyl groups is 1. The molecule has 0 unspecified atom stereocenters. The highest BCUT2D eigenvalue weighted by molar-refractivity contribution is 5.86. The Balaban J connectivity index is 3.74. The number of quaternary nitrogens is 1. The lowest BCUT2D eigenvalue weighted by Crippen LogP contribution is -2.43. The molecule has 0 aromatic carbocycles. The van der Waals surface area contributed by atoms with Crippen LogP contribution in [0.3, 0.4) is 0 Å². The van der Waals surface area contributed by atoms with E-state index in [0.717, 1.165) is 24.0 Å².